The van der Waals surface area contributed by atoms with E-state index in [1.807, 2.05) is 29.2 Å². The van der Waals surface area contributed by atoms with Gasteiger partial charge >= 0.3 is 0 Å². The Kier molecular flexibility index (Phi) is 7.22. The lowest BCUT2D eigenvalue weighted by molar-refractivity contribution is -0.135. The summed E-state index contributed by atoms with van der Waals surface area (Å²) in [6, 6.07) is 8.50. The minimum Gasteiger partial charge on any atom is -0.357 e. The number of guanidine groups is 1. The Bertz CT molecular complexity index is 872. The van der Waals surface area contributed by atoms with Crippen LogP contribution in [0.5, 0.6) is 0 Å². The van der Waals surface area contributed by atoms with E-state index in [0.29, 0.717) is 12.5 Å². The van der Waals surface area contributed by atoms with Gasteiger partial charge in [-0.25, -0.2) is 9.98 Å². The summed E-state index contributed by atoms with van der Waals surface area (Å²) in [5.41, 5.74) is 2.22. The fourth-order valence-electron chi connectivity index (χ4n) is 4.66. The molecule has 1 aliphatic heterocycles. The number of carbonyl (C=O) groups excluding carboxylic acids is 1. The van der Waals surface area contributed by atoms with Crippen LogP contribution in [0.4, 0.5) is 0 Å². The van der Waals surface area contributed by atoms with Crippen molar-refractivity contribution in [3.8, 4) is 5.69 Å². The Morgan fingerprint density at radius 3 is 2.81 bits per heavy atom. The maximum absolute atomic E-state index is 12.9. The number of hydrogen-bond donors (Lipinski definition) is 2. The molecular weight excluding hydrogens is 388 g/mol. The van der Waals surface area contributed by atoms with Gasteiger partial charge in [-0.2, -0.15) is 0 Å². The van der Waals surface area contributed by atoms with E-state index in [1.54, 1.807) is 6.20 Å². The van der Waals surface area contributed by atoms with E-state index in [4.69, 9.17) is 4.99 Å². The zero-order chi connectivity index (χ0) is 21.5. The van der Waals surface area contributed by atoms with Gasteiger partial charge < -0.3 is 20.1 Å². The minimum absolute atomic E-state index is 0.245. The molecule has 7 nitrogen and oxygen atoms in total. The molecule has 2 heterocycles. The average Bonchev–Trinajstić information content (AvgIpc) is 3.50. The molecule has 2 fully saturated rings. The number of nitrogens with zero attached hydrogens (tertiary/aromatic N) is 4. The van der Waals surface area contributed by atoms with E-state index in [2.05, 4.69) is 39.6 Å². The highest BCUT2D eigenvalue weighted by Crippen LogP contribution is 2.26. The molecule has 0 spiro atoms. The number of imidazole rings is 1. The number of nitrogens with one attached hydrogen (secondary N) is 2. The fraction of sp³-hybridized carbons (Fsp3) is 0.542. The van der Waals surface area contributed by atoms with Gasteiger partial charge in [0, 0.05) is 44.0 Å². The molecule has 0 bridgehead atoms. The number of benzene rings is 1. The first-order chi connectivity index (χ1) is 15.2. The van der Waals surface area contributed by atoms with Crippen molar-refractivity contribution < 1.29 is 4.79 Å². The molecule has 1 atom stereocenters. The topological polar surface area (TPSA) is 74.6 Å². The molecule has 0 radical (unpaired) electrons. The van der Waals surface area contributed by atoms with Gasteiger partial charge in [-0.05, 0) is 37.8 Å². The van der Waals surface area contributed by atoms with Gasteiger partial charge in [-0.3, -0.25) is 4.79 Å². The van der Waals surface area contributed by atoms with E-state index in [0.717, 1.165) is 56.1 Å². The fourth-order valence-corrected chi connectivity index (χ4v) is 4.66. The number of para-hydroxylation sites is 1. The standard InChI is InChI=1S/C24H34N6O/c1-2-26-24(27-16-20-10-6-7-11-22(20)30-15-13-25-18-30)28-21-12-14-29(17-21)23(31)19-8-4-3-5-9-19/h6-7,10-11,13,15,18-19,21H,2-5,8-9,12,14,16-17H2,1H3,(H2,26,27,28). The second-order valence-electron chi connectivity index (χ2n) is 8.54. The second kappa shape index (κ2) is 10.5. The summed E-state index contributed by atoms with van der Waals surface area (Å²) in [5.74, 6) is 1.41. The lowest BCUT2D eigenvalue weighted by Gasteiger charge is -2.26. The number of likely N-dealkylation sites (tertiary alicyclic amines) is 1. The van der Waals surface area contributed by atoms with E-state index in [9.17, 15) is 4.79 Å². The van der Waals surface area contributed by atoms with Crippen LogP contribution in [0.3, 0.4) is 0 Å². The van der Waals surface area contributed by atoms with Crippen LogP contribution in [-0.2, 0) is 11.3 Å². The highest BCUT2D eigenvalue weighted by atomic mass is 16.2. The Labute approximate surface area is 185 Å². The van der Waals surface area contributed by atoms with E-state index in [1.165, 1.54) is 19.3 Å². The van der Waals surface area contributed by atoms with Crippen LogP contribution >= 0.6 is 0 Å². The SMILES string of the molecule is CCNC(=NCc1ccccc1-n1ccnc1)NC1CCN(C(=O)C2CCCCC2)C1. The summed E-state index contributed by atoms with van der Waals surface area (Å²) in [5, 5.41) is 6.91. The number of rotatable bonds is 6. The minimum atomic E-state index is 0.245. The van der Waals surface area contributed by atoms with E-state index in [-0.39, 0.29) is 12.0 Å². The molecule has 2 N–H and O–H groups in total. The first-order valence-electron chi connectivity index (χ1n) is 11.6. The number of aliphatic imine (C=N–C) groups is 1. The third-order valence-electron chi connectivity index (χ3n) is 6.32. The predicted molar refractivity (Wildman–Crippen MR) is 123 cm³/mol. The third-order valence-corrected chi connectivity index (χ3v) is 6.32. The number of carbonyl (C=O) groups is 1. The van der Waals surface area contributed by atoms with Crippen LogP contribution in [0.25, 0.3) is 5.69 Å². The van der Waals surface area contributed by atoms with Gasteiger partial charge in [0.25, 0.3) is 0 Å². The monoisotopic (exact) mass is 422 g/mol. The molecule has 1 aromatic heterocycles. The van der Waals surface area contributed by atoms with Gasteiger partial charge in [0.15, 0.2) is 5.96 Å². The highest BCUT2D eigenvalue weighted by Gasteiger charge is 2.31. The van der Waals surface area contributed by atoms with Crippen molar-refractivity contribution in [2.24, 2.45) is 10.9 Å². The summed E-state index contributed by atoms with van der Waals surface area (Å²) < 4.78 is 2.01. The van der Waals surface area contributed by atoms with Gasteiger partial charge in [0.2, 0.25) is 5.91 Å². The Morgan fingerprint density at radius 2 is 2.03 bits per heavy atom. The zero-order valence-corrected chi connectivity index (χ0v) is 18.5. The van der Waals surface area contributed by atoms with Crippen molar-refractivity contribution in [1.29, 1.82) is 0 Å². The quantitative estimate of drug-likeness (QED) is 0.554. The zero-order valence-electron chi connectivity index (χ0n) is 18.5. The molecule has 1 saturated heterocycles. The van der Waals surface area contributed by atoms with Crippen molar-refractivity contribution in [2.75, 3.05) is 19.6 Å². The summed E-state index contributed by atoms with van der Waals surface area (Å²) in [6.45, 7) is 5.05. The number of amides is 1. The molecule has 1 unspecified atom stereocenters. The third kappa shape index (κ3) is 5.46. The Balaban J connectivity index is 1.37. The molecule has 4 rings (SSSR count). The van der Waals surface area contributed by atoms with Crippen LogP contribution in [0.2, 0.25) is 0 Å². The first kappa shape index (κ1) is 21.4. The van der Waals surface area contributed by atoms with Crippen molar-refractivity contribution in [3.05, 3.63) is 48.5 Å². The van der Waals surface area contributed by atoms with Crippen molar-refractivity contribution in [3.63, 3.8) is 0 Å². The Morgan fingerprint density at radius 1 is 1.19 bits per heavy atom. The van der Waals surface area contributed by atoms with Gasteiger partial charge in [0.1, 0.15) is 0 Å². The predicted octanol–water partition coefficient (Wildman–Crippen LogP) is 3.11. The normalized spacial score (nSPS) is 20.1. The largest absolute Gasteiger partial charge is 0.357 e. The summed E-state index contributed by atoms with van der Waals surface area (Å²) in [6.07, 6.45) is 12.3. The molecule has 1 amide bonds. The first-order valence-corrected chi connectivity index (χ1v) is 11.6. The lowest BCUT2D eigenvalue weighted by atomic mass is 9.88. The van der Waals surface area contributed by atoms with Crippen molar-refractivity contribution in [1.82, 2.24) is 25.1 Å². The summed E-state index contributed by atoms with van der Waals surface area (Å²) in [7, 11) is 0. The molecule has 2 aliphatic rings. The molecule has 2 aromatic rings. The van der Waals surface area contributed by atoms with Crippen LogP contribution in [-0.4, -0.2) is 52.0 Å². The molecule has 31 heavy (non-hydrogen) atoms. The summed E-state index contributed by atoms with van der Waals surface area (Å²) >= 11 is 0. The average molecular weight is 423 g/mol. The molecular formula is C24H34N6O. The number of hydrogen-bond acceptors (Lipinski definition) is 3. The van der Waals surface area contributed by atoms with Crippen LogP contribution in [0.1, 0.15) is 51.0 Å². The van der Waals surface area contributed by atoms with E-state index >= 15 is 0 Å². The van der Waals surface area contributed by atoms with Crippen molar-refractivity contribution in [2.45, 2.75) is 58.0 Å². The second-order valence-corrected chi connectivity index (χ2v) is 8.54. The molecule has 1 aromatic carbocycles. The van der Waals surface area contributed by atoms with Gasteiger partial charge in [-0.1, -0.05) is 37.5 Å². The van der Waals surface area contributed by atoms with Crippen molar-refractivity contribution >= 4 is 11.9 Å². The van der Waals surface area contributed by atoms with Crippen LogP contribution < -0.4 is 10.6 Å². The number of aromatic nitrogens is 2. The summed E-state index contributed by atoms with van der Waals surface area (Å²) in [4.78, 5) is 23.9. The maximum atomic E-state index is 12.9. The Hall–Kier alpha value is -2.83. The van der Waals surface area contributed by atoms with Gasteiger partial charge in [-0.15, -0.1) is 0 Å². The van der Waals surface area contributed by atoms with Crippen LogP contribution in [0.15, 0.2) is 48.0 Å². The lowest BCUT2D eigenvalue weighted by Crippen LogP contribution is -2.45. The highest BCUT2D eigenvalue weighted by molar-refractivity contribution is 5.81. The van der Waals surface area contributed by atoms with Crippen LogP contribution in [0, 0.1) is 5.92 Å². The molecule has 7 heteroatoms. The molecule has 1 saturated carbocycles. The maximum Gasteiger partial charge on any atom is 0.225 e. The van der Waals surface area contributed by atoms with E-state index < -0.39 is 0 Å². The smallest absolute Gasteiger partial charge is 0.225 e. The van der Waals surface area contributed by atoms with Gasteiger partial charge in [0.05, 0.1) is 18.6 Å². The molecule has 166 valence electrons. The molecule has 1 aliphatic carbocycles.